The molecule has 0 unspecified atom stereocenters. The molecule has 2 aliphatic rings. The summed E-state index contributed by atoms with van der Waals surface area (Å²) >= 11 is 12.2. The van der Waals surface area contributed by atoms with Gasteiger partial charge in [-0.3, -0.25) is 4.79 Å². The van der Waals surface area contributed by atoms with E-state index in [9.17, 15) is 9.90 Å². The third kappa shape index (κ3) is 2.67. The van der Waals surface area contributed by atoms with Crippen LogP contribution in [0.2, 0.25) is 10.0 Å². The van der Waals surface area contributed by atoms with Crippen LogP contribution in [0.3, 0.4) is 0 Å². The van der Waals surface area contributed by atoms with Crippen LogP contribution in [0.5, 0.6) is 0 Å². The Morgan fingerprint density at radius 2 is 2.05 bits per heavy atom. The van der Waals surface area contributed by atoms with Gasteiger partial charge in [0, 0.05) is 18.5 Å². The lowest BCUT2D eigenvalue weighted by Crippen LogP contribution is -2.49. The minimum Gasteiger partial charge on any atom is -0.392 e. The Balaban J connectivity index is 1.83. The summed E-state index contributed by atoms with van der Waals surface area (Å²) in [5.41, 5.74) is 0.340. The minimum atomic E-state index is -0.289. The first-order valence-electron chi connectivity index (χ1n) is 7.45. The monoisotopic (exact) mass is 327 g/mol. The van der Waals surface area contributed by atoms with Gasteiger partial charge in [0.05, 0.1) is 21.7 Å². The number of carbonyl (C=O) groups is 1. The van der Waals surface area contributed by atoms with Crippen molar-refractivity contribution in [3.8, 4) is 0 Å². The van der Waals surface area contributed by atoms with E-state index in [1.807, 2.05) is 4.90 Å². The van der Waals surface area contributed by atoms with Crippen LogP contribution in [0.4, 0.5) is 0 Å². The van der Waals surface area contributed by atoms with E-state index in [0.29, 0.717) is 22.2 Å². The van der Waals surface area contributed by atoms with Gasteiger partial charge >= 0.3 is 0 Å². The average molecular weight is 328 g/mol. The molecule has 0 aromatic heterocycles. The van der Waals surface area contributed by atoms with Crippen molar-refractivity contribution < 1.29 is 9.90 Å². The molecule has 1 saturated heterocycles. The van der Waals surface area contributed by atoms with Gasteiger partial charge in [-0.2, -0.15) is 0 Å². The first kappa shape index (κ1) is 15.1. The summed E-state index contributed by atoms with van der Waals surface area (Å²) in [6, 6.07) is 5.13. The van der Waals surface area contributed by atoms with E-state index in [0.717, 1.165) is 38.6 Å². The molecule has 1 spiro atoms. The molecule has 2 atom stereocenters. The van der Waals surface area contributed by atoms with Gasteiger partial charge in [0.2, 0.25) is 0 Å². The van der Waals surface area contributed by atoms with Gasteiger partial charge in [-0.05, 0) is 37.8 Å². The highest BCUT2D eigenvalue weighted by atomic mass is 35.5. The van der Waals surface area contributed by atoms with Crippen LogP contribution in [-0.4, -0.2) is 35.1 Å². The molecule has 1 amide bonds. The quantitative estimate of drug-likeness (QED) is 0.853. The number of likely N-dealkylation sites (tertiary alicyclic amines) is 1. The van der Waals surface area contributed by atoms with Crippen LogP contribution in [0, 0.1) is 5.41 Å². The van der Waals surface area contributed by atoms with Crippen LogP contribution in [0.15, 0.2) is 18.2 Å². The van der Waals surface area contributed by atoms with E-state index in [1.54, 1.807) is 18.2 Å². The van der Waals surface area contributed by atoms with Crippen molar-refractivity contribution in [1.82, 2.24) is 4.90 Å². The fraction of sp³-hybridized carbons (Fsp3) is 0.562. The molecule has 21 heavy (non-hydrogen) atoms. The van der Waals surface area contributed by atoms with E-state index >= 15 is 0 Å². The molecule has 1 N–H and O–H groups in total. The number of nitrogens with zero attached hydrogens (tertiary/aromatic N) is 1. The third-order valence-electron chi connectivity index (χ3n) is 4.94. The lowest BCUT2D eigenvalue weighted by Gasteiger charge is -2.42. The van der Waals surface area contributed by atoms with Crippen molar-refractivity contribution in [3.63, 3.8) is 0 Å². The van der Waals surface area contributed by atoms with Gasteiger partial charge in [0.25, 0.3) is 5.91 Å². The molecule has 5 heteroatoms. The predicted molar refractivity (Wildman–Crippen MR) is 83.9 cm³/mol. The second kappa shape index (κ2) is 5.79. The molecule has 1 aromatic rings. The Hall–Kier alpha value is -0.770. The van der Waals surface area contributed by atoms with Crippen molar-refractivity contribution in [2.24, 2.45) is 5.41 Å². The Labute approximate surface area is 134 Å². The molecule has 0 bridgehead atoms. The van der Waals surface area contributed by atoms with Crippen LogP contribution in [0.25, 0.3) is 0 Å². The SMILES string of the molecule is O=C(c1cccc(Cl)c1Cl)N1CCC[C@@]2(CCC[C@H]2O)C1. The summed E-state index contributed by atoms with van der Waals surface area (Å²) in [4.78, 5) is 14.5. The maximum Gasteiger partial charge on any atom is 0.255 e. The number of benzene rings is 1. The van der Waals surface area contributed by atoms with Crippen LogP contribution >= 0.6 is 23.2 Å². The zero-order valence-electron chi connectivity index (χ0n) is 11.8. The highest BCUT2D eigenvalue weighted by Gasteiger charge is 2.45. The fourth-order valence-corrected chi connectivity index (χ4v) is 4.15. The summed E-state index contributed by atoms with van der Waals surface area (Å²) in [5.74, 6) is -0.0827. The van der Waals surface area contributed by atoms with E-state index in [-0.39, 0.29) is 17.4 Å². The number of hydrogen-bond donors (Lipinski definition) is 1. The number of piperidine rings is 1. The number of rotatable bonds is 1. The number of carbonyl (C=O) groups excluding carboxylic acids is 1. The average Bonchev–Trinajstić information content (AvgIpc) is 2.82. The lowest BCUT2D eigenvalue weighted by molar-refractivity contribution is -0.00535. The summed E-state index contributed by atoms with van der Waals surface area (Å²) < 4.78 is 0. The smallest absolute Gasteiger partial charge is 0.255 e. The zero-order chi connectivity index (χ0) is 15.0. The molecule has 1 aromatic carbocycles. The van der Waals surface area contributed by atoms with E-state index in [1.165, 1.54) is 0 Å². The maximum atomic E-state index is 12.7. The zero-order valence-corrected chi connectivity index (χ0v) is 13.3. The minimum absolute atomic E-state index is 0.0827. The van der Waals surface area contributed by atoms with Crippen molar-refractivity contribution in [2.75, 3.05) is 13.1 Å². The largest absolute Gasteiger partial charge is 0.392 e. The number of aliphatic hydroxyl groups excluding tert-OH is 1. The van der Waals surface area contributed by atoms with Gasteiger partial charge in [0.1, 0.15) is 0 Å². The molecule has 1 aliphatic carbocycles. The highest BCUT2D eigenvalue weighted by Crippen LogP contribution is 2.45. The van der Waals surface area contributed by atoms with Crippen molar-refractivity contribution in [1.29, 1.82) is 0 Å². The molecule has 114 valence electrons. The molecule has 1 heterocycles. The predicted octanol–water partition coefficient (Wildman–Crippen LogP) is 3.76. The van der Waals surface area contributed by atoms with E-state index in [2.05, 4.69) is 0 Å². The lowest BCUT2D eigenvalue weighted by atomic mass is 9.76. The first-order chi connectivity index (χ1) is 10.0. The number of amides is 1. The van der Waals surface area contributed by atoms with Gasteiger partial charge in [-0.25, -0.2) is 0 Å². The van der Waals surface area contributed by atoms with Gasteiger partial charge in [-0.1, -0.05) is 35.7 Å². The Morgan fingerprint density at radius 3 is 2.76 bits per heavy atom. The maximum absolute atomic E-state index is 12.7. The molecule has 1 aliphatic heterocycles. The molecule has 2 fully saturated rings. The Morgan fingerprint density at radius 1 is 1.29 bits per heavy atom. The van der Waals surface area contributed by atoms with E-state index < -0.39 is 0 Å². The molecule has 3 nitrogen and oxygen atoms in total. The van der Waals surface area contributed by atoms with Gasteiger partial charge < -0.3 is 10.0 Å². The second-order valence-corrected chi connectivity index (χ2v) is 6.99. The van der Waals surface area contributed by atoms with Crippen LogP contribution in [-0.2, 0) is 0 Å². The Kier molecular flexibility index (Phi) is 4.17. The molecular formula is C16H19Cl2NO2. The summed E-state index contributed by atoms with van der Waals surface area (Å²) in [6.45, 7) is 1.34. The van der Waals surface area contributed by atoms with Crippen molar-refractivity contribution in [3.05, 3.63) is 33.8 Å². The number of aliphatic hydroxyl groups is 1. The van der Waals surface area contributed by atoms with Gasteiger partial charge in [0.15, 0.2) is 0 Å². The van der Waals surface area contributed by atoms with Gasteiger partial charge in [-0.15, -0.1) is 0 Å². The highest BCUT2D eigenvalue weighted by molar-refractivity contribution is 6.43. The second-order valence-electron chi connectivity index (χ2n) is 6.20. The summed E-state index contributed by atoms with van der Waals surface area (Å²) in [5, 5.41) is 11.0. The molecule has 1 saturated carbocycles. The molecule has 3 rings (SSSR count). The summed E-state index contributed by atoms with van der Waals surface area (Å²) in [7, 11) is 0. The summed E-state index contributed by atoms with van der Waals surface area (Å²) in [6.07, 6.45) is 4.53. The van der Waals surface area contributed by atoms with Crippen LogP contribution in [0.1, 0.15) is 42.5 Å². The molecule has 0 radical (unpaired) electrons. The van der Waals surface area contributed by atoms with Crippen molar-refractivity contribution in [2.45, 2.75) is 38.2 Å². The van der Waals surface area contributed by atoms with Crippen LogP contribution < -0.4 is 0 Å². The molecular weight excluding hydrogens is 309 g/mol. The first-order valence-corrected chi connectivity index (χ1v) is 8.20. The topological polar surface area (TPSA) is 40.5 Å². The van der Waals surface area contributed by atoms with Crippen molar-refractivity contribution >= 4 is 29.1 Å². The standard InChI is InChI=1S/C16H19Cl2NO2/c17-12-5-1-4-11(14(12)18)15(21)19-9-3-8-16(10-19)7-2-6-13(16)20/h1,4-5,13,20H,2-3,6-10H2/t13-,16+/m1/s1. The van der Waals surface area contributed by atoms with E-state index in [4.69, 9.17) is 23.2 Å². The number of hydrogen-bond acceptors (Lipinski definition) is 2. The third-order valence-corrected chi connectivity index (χ3v) is 5.76. The normalized spacial score (nSPS) is 29.1. The Bertz CT molecular complexity index is 563. The number of halogens is 2. The fourth-order valence-electron chi connectivity index (χ4n) is 3.77.